The number of aromatic nitrogens is 1. The van der Waals surface area contributed by atoms with Crippen LogP contribution in [-0.2, 0) is 16.2 Å². The zero-order chi connectivity index (χ0) is 14.1. The van der Waals surface area contributed by atoms with Crippen molar-refractivity contribution in [3.63, 3.8) is 0 Å². The molecule has 1 fully saturated rings. The van der Waals surface area contributed by atoms with Crippen LogP contribution in [0.4, 0.5) is 13.2 Å². The molecule has 1 N–H and O–H groups in total. The average molecular weight is 295 g/mol. The second kappa shape index (κ2) is 5.06. The Bertz CT molecular complexity index is 553. The van der Waals surface area contributed by atoms with E-state index in [1.165, 1.54) is 0 Å². The number of hydrogen-bond acceptors (Lipinski definition) is 4. The molecule has 9 heteroatoms. The molecule has 0 amide bonds. The Hall–Kier alpha value is -1.19. The molecule has 1 saturated heterocycles. The van der Waals surface area contributed by atoms with Crippen molar-refractivity contribution >= 4 is 10.0 Å². The summed E-state index contributed by atoms with van der Waals surface area (Å²) in [6.45, 7) is 1.42. The molecule has 1 aromatic rings. The van der Waals surface area contributed by atoms with Crippen LogP contribution in [0.3, 0.4) is 0 Å². The van der Waals surface area contributed by atoms with Gasteiger partial charge in [0.1, 0.15) is 4.90 Å². The monoisotopic (exact) mass is 295 g/mol. The third-order valence-corrected chi connectivity index (χ3v) is 4.62. The van der Waals surface area contributed by atoms with E-state index in [9.17, 15) is 21.6 Å². The number of rotatable bonds is 2. The fourth-order valence-electron chi connectivity index (χ4n) is 1.75. The fourth-order valence-corrected chi connectivity index (χ4v) is 3.18. The minimum atomic E-state index is -4.61. The Kier molecular flexibility index (Phi) is 3.79. The minimum absolute atomic E-state index is 0.235. The molecule has 1 aliphatic heterocycles. The van der Waals surface area contributed by atoms with Gasteiger partial charge in [-0.2, -0.15) is 17.5 Å². The molecule has 1 aromatic heterocycles. The standard InChI is InChI=1S/C10H12F3N3O2S/c11-10(12,13)8-5-9(7-15-6-8)19(17,18)16-3-1-14-2-4-16/h5-7,14H,1-4H2. The number of halogens is 3. The third-order valence-electron chi connectivity index (χ3n) is 2.75. The van der Waals surface area contributed by atoms with Crippen LogP contribution in [0.15, 0.2) is 23.4 Å². The summed E-state index contributed by atoms with van der Waals surface area (Å²) in [4.78, 5) is 2.94. The highest BCUT2D eigenvalue weighted by Gasteiger charge is 2.33. The summed E-state index contributed by atoms with van der Waals surface area (Å²) in [5.74, 6) is 0. The van der Waals surface area contributed by atoms with E-state index in [1.807, 2.05) is 0 Å². The van der Waals surface area contributed by atoms with Gasteiger partial charge in [0.25, 0.3) is 0 Å². The van der Waals surface area contributed by atoms with Crippen molar-refractivity contribution in [3.05, 3.63) is 24.0 Å². The predicted octanol–water partition coefficient (Wildman–Crippen LogP) is 0.694. The normalized spacial score (nSPS) is 18.5. The van der Waals surface area contributed by atoms with Crippen molar-refractivity contribution in [3.8, 4) is 0 Å². The Balaban J connectivity index is 2.35. The van der Waals surface area contributed by atoms with Crippen LogP contribution in [-0.4, -0.2) is 43.9 Å². The molecule has 0 aromatic carbocycles. The zero-order valence-electron chi connectivity index (χ0n) is 9.81. The van der Waals surface area contributed by atoms with Crippen LogP contribution in [0.2, 0.25) is 0 Å². The molecular weight excluding hydrogens is 283 g/mol. The number of piperazine rings is 1. The molecule has 0 saturated carbocycles. The summed E-state index contributed by atoms with van der Waals surface area (Å²) < 4.78 is 63.1. The van der Waals surface area contributed by atoms with Crippen LogP contribution >= 0.6 is 0 Å². The maximum absolute atomic E-state index is 12.5. The van der Waals surface area contributed by atoms with Gasteiger partial charge in [0.2, 0.25) is 10.0 Å². The van der Waals surface area contributed by atoms with Crippen molar-refractivity contribution in [2.75, 3.05) is 26.2 Å². The van der Waals surface area contributed by atoms with Gasteiger partial charge in [0.15, 0.2) is 0 Å². The van der Waals surface area contributed by atoms with E-state index in [2.05, 4.69) is 10.3 Å². The van der Waals surface area contributed by atoms with E-state index >= 15 is 0 Å². The summed E-state index contributed by atoms with van der Waals surface area (Å²) in [7, 11) is -3.91. The van der Waals surface area contributed by atoms with E-state index < -0.39 is 26.7 Å². The smallest absolute Gasteiger partial charge is 0.314 e. The number of nitrogens with one attached hydrogen (secondary N) is 1. The summed E-state index contributed by atoms with van der Waals surface area (Å²) >= 11 is 0. The van der Waals surface area contributed by atoms with Gasteiger partial charge < -0.3 is 5.32 Å². The Morgan fingerprint density at radius 2 is 1.84 bits per heavy atom. The van der Waals surface area contributed by atoms with Crippen molar-refractivity contribution in [1.82, 2.24) is 14.6 Å². The maximum atomic E-state index is 12.5. The highest BCUT2D eigenvalue weighted by molar-refractivity contribution is 7.89. The molecule has 2 rings (SSSR count). The summed E-state index contributed by atoms with van der Waals surface area (Å²) in [5, 5.41) is 2.97. The molecule has 106 valence electrons. The molecular formula is C10H12F3N3O2S. The van der Waals surface area contributed by atoms with Crippen LogP contribution in [0.5, 0.6) is 0 Å². The third kappa shape index (κ3) is 3.04. The van der Waals surface area contributed by atoms with Gasteiger partial charge >= 0.3 is 6.18 Å². The largest absolute Gasteiger partial charge is 0.417 e. The van der Waals surface area contributed by atoms with Gasteiger partial charge in [-0.05, 0) is 6.07 Å². The first-order valence-corrected chi connectivity index (χ1v) is 6.99. The first-order valence-electron chi connectivity index (χ1n) is 5.55. The summed E-state index contributed by atoms with van der Waals surface area (Å²) in [6.07, 6.45) is -3.06. The number of sulfonamides is 1. The maximum Gasteiger partial charge on any atom is 0.417 e. The lowest BCUT2D eigenvalue weighted by Crippen LogP contribution is -2.46. The second-order valence-electron chi connectivity index (χ2n) is 4.06. The highest BCUT2D eigenvalue weighted by atomic mass is 32.2. The number of hydrogen-bond donors (Lipinski definition) is 1. The number of nitrogens with zero attached hydrogens (tertiary/aromatic N) is 2. The molecule has 0 unspecified atom stereocenters. The lowest BCUT2D eigenvalue weighted by molar-refractivity contribution is -0.138. The summed E-state index contributed by atoms with van der Waals surface area (Å²) in [6, 6.07) is 0.615. The molecule has 0 spiro atoms. The first-order chi connectivity index (χ1) is 8.82. The van der Waals surface area contributed by atoms with Crippen LogP contribution < -0.4 is 5.32 Å². The number of pyridine rings is 1. The van der Waals surface area contributed by atoms with E-state index in [0.29, 0.717) is 25.4 Å². The number of alkyl halides is 3. The predicted molar refractivity (Wildman–Crippen MR) is 60.9 cm³/mol. The van der Waals surface area contributed by atoms with Gasteiger partial charge in [-0.1, -0.05) is 0 Å². The fraction of sp³-hybridized carbons (Fsp3) is 0.500. The van der Waals surface area contributed by atoms with Crippen molar-refractivity contribution in [2.45, 2.75) is 11.1 Å². The lowest BCUT2D eigenvalue weighted by atomic mass is 10.3. The van der Waals surface area contributed by atoms with Crippen molar-refractivity contribution in [2.24, 2.45) is 0 Å². The minimum Gasteiger partial charge on any atom is -0.314 e. The quantitative estimate of drug-likeness (QED) is 0.872. The van der Waals surface area contributed by atoms with Crippen LogP contribution in [0.25, 0.3) is 0 Å². The summed E-state index contributed by atoms with van der Waals surface area (Å²) in [5.41, 5.74) is -1.07. The van der Waals surface area contributed by atoms with Gasteiger partial charge in [-0.25, -0.2) is 8.42 Å². The molecule has 0 aliphatic carbocycles. The van der Waals surface area contributed by atoms with Gasteiger partial charge in [0.05, 0.1) is 5.56 Å². The zero-order valence-corrected chi connectivity index (χ0v) is 10.6. The lowest BCUT2D eigenvalue weighted by Gasteiger charge is -2.26. The molecule has 5 nitrogen and oxygen atoms in total. The van der Waals surface area contributed by atoms with Gasteiger partial charge in [-0.3, -0.25) is 4.98 Å². The van der Waals surface area contributed by atoms with E-state index in [1.54, 1.807) is 0 Å². The molecule has 19 heavy (non-hydrogen) atoms. The SMILES string of the molecule is O=S(=O)(c1cncc(C(F)(F)F)c1)N1CCNCC1. The average Bonchev–Trinajstić information content (AvgIpc) is 2.39. The first kappa shape index (κ1) is 14.2. The molecule has 2 heterocycles. The van der Waals surface area contributed by atoms with E-state index in [0.717, 1.165) is 10.5 Å². The highest BCUT2D eigenvalue weighted by Crippen LogP contribution is 2.30. The van der Waals surface area contributed by atoms with E-state index in [-0.39, 0.29) is 13.1 Å². The Morgan fingerprint density at radius 3 is 2.42 bits per heavy atom. The van der Waals surface area contributed by atoms with E-state index in [4.69, 9.17) is 0 Å². The van der Waals surface area contributed by atoms with Gasteiger partial charge in [0, 0.05) is 38.6 Å². The van der Waals surface area contributed by atoms with Crippen molar-refractivity contribution < 1.29 is 21.6 Å². The van der Waals surface area contributed by atoms with Crippen LogP contribution in [0, 0.1) is 0 Å². The topological polar surface area (TPSA) is 62.3 Å². The molecule has 0 radical (unpaired) electrons. The van der Waals surface area contributed by atoms with Crippen LogP contribution in [0.1, 0.15) is 5.56 Å². The van der Waals surface area contributed by atoms with Gasteiger partial charge in [-0.15, -0.1) is 0 Å². The molecule has 0 atom stereocenters. The second-order valence-corrected chi connectivity index (χ2v) is 6.00. The Labute approximate surface area is 108 Å². The molecule has 1 aliphatic rings. The van der Waals surface area contributed by atoms with Crippen molar-refractivity contribution in [1.29, 1.82) is 0 Å². The molecule has 0 bridgehead atoms. The Morgan fingerprint density at radius 1 is 1.21 bits per heavy atom.